The van der Waals surface area contributed by atoms with Gasteiger partial charge in [0.1, 0.15) is 6.04 Å². The number of carbonyl (C=O) groups excluding carboxylic acids is 1. The first-order chi connectivity index (χ1) is 11.6. The monoisotopic (exact) mass is 328 g/mol. The zero-order valence-electron chi connectivity index (χ0n) is 14.9. The lowest BCUT2D eigenvalue weighted by atomic mass is 10.1. The molecule has 5 nitrogen and oxygen atoms in total. The minimum atomic E-state index is -0.216. The van der Waals surface area contributed by atoms with Crippen LogP contribution < -0.4 is 0 Å². The molecule has 24 heavy (non-hydrogen) atoms. The Morgan fingerprint density at radius 2 is 1.92 bits per heavy atom. The van der Waals surface area contributed by atoms with Gasteiger partial charge in [-0.2, -0.15) is 0 Å². The molecule has 0 saturated carbocycles. The third-order valence-electron chi connectivity index (χ3n) is 4.19. The molecule has 1 unspecified atom stereocenters. The zero-order chi connectivity index (χ0) is 17.4. The van der Waals surface area contributed by atoms with Crippen molar-refractivity contribution < 1.29 is 4.79 Å². The summed E-state index contributed by atoms with van der Waals surface area (Å²) in [6, 6.07) is 10.2. The van der Waals surface area contributed by atoms with Crippen molar-refractivity contribution in [1.29, 1.82) is 0 Å². The van der Waals surface area contributed by atoms with Gasteiger partial charge < -0.3 is 14.4 Å². The van der Waals surface area contributed by atoms with Crippen molar-refractivity contribution in [3.63, 3.8) is 0 Å². The van der Waals surface area contributed by atoms with Crippen molar-refractivity contribution in [3.05, 3.63) is 54.6 Å². The summed E-state index contributed by atoms with van der Waals surface area (Å²) in [6.07, 6.45) is 7.22. The number of nitrogens with zero attached hydrogens (tertiary/aromatic N) is 4. The third-order valence-corrected chi connectivity index (χ3v) is 4.19. The molecule has 2 rings (SSSR count). The lowest BCUT2D eigenvalue weighted by molar-refractivity contribution is -0.134. The van der Waals surface area contributed by atoms with Crippen LogP contribution in [0.15, 0.2) is 49.1 Å². The lowest BCUT2D eigenvalue weighted by Gasteiger charge is -2.27. The summed E-state index contributed by atoms with van der Waals surface area (Å²) in [6.45, 7) is 4.33. The van der Waals surface area contributed by atoms with E-state index in [1.54, 1.807) is 12.5 Å². The SMILES string of the molecule is CC(C(=O)N(CCCc1ccccc1)CCN(C)C)n1ccnc1. The Hall–Kier alpha value is -2.14. The van der Waals surface area contributed by atoms with Crippen LogP contribution in [0, 0.1) is 0 Å². The average Bonchev–Trinajstić information content (AvgIpc) is 3.12. The van der Waals surface area contributed by atoms with E-state index in [0.29, 0.717) is 0 Å². The molecule has 5 heteroatoms. The first-order valence-electron chi connectivity index (χ1n) is 8.53. The van der Waals surface area contributed by atoms with Crippen LogP contribution in [-0.2, 0) is 11.2 Å². The van der Waals surface area contributed by atoms with Crippen LogP contribution >= 0.6 is 0 Å². The number of hydrogen-bond donors (Lipinski definition) is 0. The molecule has 1 aromatic heterocycles. The number of imidazole rings is 1. The number of benzene rings is 1. The molecule has 0 aliphatic rings. The van der Waals surface area contributed by atoms with Crippen LogP contribution in [0.5, 0.6) is 0 Å². The van der Waals surface area contributed by atoms with Gasteiger partial charge in [-0.15, -0.1) is 0 Å². The van der Waals surface area contributed by atoms with E-state index < -0.39 is 0 Å². The molecule has 0 radical (unpaired) electrons. The lowest BCUT2D eigenvalue weighted by Crippen LogP contribution is -2.40. The second-order valence-corrected chi connectivity index (χ2v) is 6.40. The maximum Gasteiger partial charge on any atom is 0.245 e. The molecule has 0 spiro atoms. The molecule has 0 N–H and O–H groups in total. The number of rotatable bonds is 9. The average molecular weight is 328 g/mol. The third kappa shape index (κ3) is 5.49. The number of aryl methyl sites for hydroxylation is 1. The van der Waals surface area contributed by atoms with E-state index in [9.17, 15) is 4.79 Å². The highest BCUT2D eigenvalue weighted by Gasteiger charge is 2.21. The van der Waals surface area contributed by atoms with E-state index in [1.807, 2.05) is 42.7 Å². The van der Waals surface area contributed by atoms with Crippen LogP contribution in [0.2, 0.25) is 0 Å². The van der Waals surface area contributed by atoms with E-state index in [1.165, 1.54) is 5.56 Å². The Kier molecular flexibility index (Phi) is 7.00. The molecule has 0 saturated heterocycles. The minimum Gasteiger partial charge on any atom is -0.340 e. The molecule has 1 amide bonds. The van der Waals surface area contributed by atoms with Gasteiger partial charge in [0.25, 0.3) is 0 Å². The molecule has 1 heterocycles. The van der Waals surface area contributed by atoms with E-state index in [4.69, 9.17) is 0 Å². The number of aromatic nitrogens is 2. The van der Waals surface area contributed by atoms with Crippen molar-refractivity contribution in [1.82, 2.24) is 19.4 Å². The van der Waals surface area contributed by atoms with E-state index in [-0.39, 0.29) is 11.9 Å². The van der Waals surface area contributed by atoms with Crippen LogP contribution in [0.1, 0.15) is 24.9 Å². The van der Waals surface area contributed by atoms with Crippen LogP contribution in [-0.4, -0.2) is 59.0 Å². The van der Waals surface area contributed by atoms with Gasteiger partial charge in [0.05, 0.1) is 6.33 Å². The summed E-state index contributed by atoms with van der Waals surface area (Å²) in [5.41, 5.74) is 1.32. The van der Waals surface area contributed by atoms with Crippen molar-refractivity contribution in [2.75, 3.05) is 33.7 Å². The molecule has 1 aromatic carbocycles. The molecular formula is C19H28N4O. The van der Waals surface area contributed by atoms with Gasteiger partial charge in [-0.1, -0.05) is 30.3 Å². The van der Waals surface area contributed by atoms with Gasteiger partial charge in [-0.3, -0.25) is 4.79 Å². The Morgan fingerprint density at radius 3 is 2.54 bits per heavy atom. The van der Waals surface area contributed by atoms with Crippen molar-refractivity contribution in [2.24, 2.45) is 0 Å². The first-order valence-corrected chi connectivity index (χ1v) is 8.53. The van der Waals surface area contributed by atoms with Crippen molar-refractivity contribution in [3.8, 4) is 0 Å². The van der Waals surface area contributed by atoms with Crippen LogP contribution in [0.3, 0.4) is 0 Å². The van der Waals surface area contributed by atoms with Crippen LogP contribution in [0.25, 0.3) is 0 Å². The van der Waals surface area contributed by atoms with E-state index in [0.717, 1.165) is 32.5 Å². The Morgan fingerprint density at radius 1 is 1.17 bits per heavy atom. The van der Waals surface area contributed by atoms with Gasteiger partial charge in [-0.05, 0) is 39.4 Å². The summed E-state index contributed by atoms with van der Waals surface area (Å²) >= 11 is 0. The molecule has 0 bridgehead atoms. The van der Waals surface area contributed by atoms with Crippen molar-refractivity contribution in [2.45, 2.75) is 25.8 Å². The molecule has 130 valence electrons. The van der Waals surface area contributed by atoms with Gasteiger partial charge in [0, 0.05) is 32.0 Å². The normalized spacial score (nSPS) is 12.3. The summed E-state index contributed by atoms with van der Waals surface area (Å²) < 4.78 is 1.86. The second kappa shape index (κ2) is 9.23. The minimum absolute atomic E-state index is 0.155. The molecular weight excluding hydrogens is 300 g/mol. The first kappa shape index (κ1) is 18.2. The Balaban J connectivity index is 1.94. The number of likely N-dealkylation sites (N-methyl/N-ethyl adjacent to an activating group) is 1. The zero-order valence-corrected chi connectivity index (χ0v) is 14.9. The standard InChI is InChI=1S/C19H28N4O/c1-17(23-13-11-20-16-23)19(24)22(15-14-21(2)3)12-7-10-18-8-5-4-6-9-18/h4-6,8-9,11,13,16-17H,7,10,12,14-15H2,1-3H3. The number of hydrogen-bond acceptors (Lipinski definition) is 3. The summed E-state index contributed by atoms with van der Waals surface area (Å²) in [5.74, 6) is 0.155. The Bertz CT molecular complexity index is 595. The Labute approximate surface area is 144 Å². The van der Waals surface area contributed by atoms with Crippen LogP contribution in [0.4, 0.5) is 0 Å². The smallest absolute Gasteiger partial charge is 0.245 e. The van der Waals surface area contributed by atoms with Crippen molar-refractivity contribution >= 4 is 5.91 Å². The highest BCUT2D eigenvalue weighted by Crippen LogP contribution is 2.11. The highest BCUT2D eigenvalue weighted by atomic mass is 16.2. The van der Waals surface area contributed by atoms with Gasteiger partial charge in [0.2, 0.25) is 5.91 Å². The quantitative estimate of drug-likeness (QED) is 0.710. The predicted molar refractivity (Wildman–Crippen MR) is 96.8 cm³/mol. The number of amides is 1. The highest BCUT2D eigenvalue weighted by molar-refractivity contribution is 5.80. The largest absolute Gasteiger partial charge is 0.340 e. The summed E-state index contributed by atoms with van der Waals surface area (Å²) in [5, 5.41) is 0. The molecule has 0 aliphatic heterocycles. The molecule has 1 atom stereocenters. The maximum absolute atomic E-state index is 12.9. The van der Waals surface area contributed by atoms with Gasteiger partial charge >= 0.3 is 0 Å². The summed E-state index contributed by atoms with van der Waals surface area (Å²) in [7, 11) is 4.07. The topological polar surface area (TPSA) is 41.4 Å². The predicted octanol–water partition coefficient (Wildman–Crippen LogP) is 2.47. The van der Waals surface area contributed by atoms with Gasteiger partial charge in [0.15, 0.2) is 0 Å². The van der Waals surface area contributed by atoms with E-state index in [2.05, 4.69) is 34.1 Å². The fourth-order valence-corrected chi connectivity index (χ4v) is 2.66. The van der Waals surface area contributed by atoms with E-state index >= 15 is 0 Å². The second-order valence-electron chi connectivity index (χ2n) is 6.40. The molecule has 0 aliphatic carbocycles. The molecule has 0 fully saturated rings. The fourth-order valence-electron chi connectivity index (χ4n) is 2.66. The number of carbonyl (C=O) groups is 1. The molecule has 2 aromatic rings. The fraction of sp³-hybridized carbons (Fsp3) is 0.474. The van der Waals surface area contributed by atoms with Gasteiger partial charge in [-0.25, -0.2) is 4.98 Å². The maximum atomic E-state index is 12.9. The summed E-state index contributed by atoms with van der Waals surface area (Å²) in [4.78, 5) is 21.0.